The van der Waals surface area contributed by atoms with E-state index in [1.54, 1.807) is 19.1 Å². The smallest absolute Gasteiger partial charge is 0.422 e. The summed E-state index contributed by atoms with van der Waals surface area (Å²) in [5.74, 6) is -1.66. The van der Waals surface area contributed by atoms with Crippen LogP contribution in [0.1, 0.15) is 26.4 Å². The minimum Gasteiger partial charge on any atom is -0.467 e. The summed E-state index contributed by atoms with van der Waals surface area (Å²) in [6, 6.07) is 6.98. The van der Waals surface area contributed by atoms with Gasteiger partial charge in [0.2, 0.25) is 5.88 Å². The van der Waals surface area contributed by atoms with Crippen LogP contribution < -0.4 is 15.4 Å². The number of hydrogen-bond donors (Lipinski definition) is 2. The van der Waals surface area contributed by atoms with Gasteiger partial charge >= 0.3 is 6.18 Å². The fraction of sp³-hybridized carbons (Fsp3) is 0.200. The summed E-state index contributed by atoms with van der Waals surface area (Å²) in [6.07, 6.45) is -3.17. The Labute approximate surface area is 195 Å². The highest BCUT2D eigenvalue weighted by molar-refractivity contribution is 6.38. The lowest BCUT2D eigenvalue weighted by Crippen LogP contribution is -2.23. The summed E-state index contributed by atoms with van der Waals surface area (Å²) in [4.78, 5) is 29.5. The maximum Gasteiger partial charge on any atom is 0.422 e. The second-order valence-corrected chi connectivity index (χ2v) is 7.51. The lowest BCUT2D eigenvalue weighted by Gasteiger charge is -2.13. The van der Waals surface area contributed by atoms with Gasteiger partial charge in [0.15, 0.2) is 12.4 Å². The summed E-state index contributed by atoms with van der Waals surface area (Å²) in [7, 11) is 1.38. The Morgan fingerprint density at radius 2 is 1.91 bits per heavy atom. The molecule has 13 heteroatoms. The van der Waals surface area contributed by atoms with Crippen molar-refractivity contribution in [1.82, 2.24) is 20.1 Å². The predicted octanol–water partition coefficient (Wildman–Crippen LogP) is 4.44. The van der Waals surface area contributed by atoms with Crippen molar-refractivity contribution in [3.8, 4) is 11.7 Å². The van der Waals surface area contributed by atoms with Crippen LogP contribution in [0.4, 0.5) is 18.9 Å². The van der Waals surface area contributed by atoms with Crippen LogP contribution in [-0.2, 0) is 0 Å². The number of carbonyl (C=O) groups is 2. The number of pyridine rings is 1. The molecule has 3 aromatic rings. The van der Waals surface area contributed by atoms with Crippen molar-refractivity contribution in [2.75, 3.05) is 19.0 Å². The second-order valence-electron chi connectivity index (χ2n) is 6.67. The number of nitrogens with one attached hydrogen (secondary N) is 2. The number of anilines is 1. The average molecular weight is 502 g/mol. The molecule has 2 amide bonds. The highest BCUT2D eigenvalue weighted by Gasteiger charge is 2.30. The van der Waals surface area contributed by atoms with E-state index in [4.69, 9.17) is 27.9 Å². The maximum atomic E-state index is 13.1. The maximum absolute atomic E-state index is 13.1. The van der Waals surface area contributed by atoms with Gasteiger partial charge in [-0.1, -0.05) is 29.3 Å². The SMILES string of the molecule is CNC(=O)c1cc(Cl)cc(Cl)c1NC(=O)c1cc(OCC(F)(F)F)nn1-c1ncccc1C. The molecule has 0 saturated heterocycles. The molecule has 0 unspecified atom stereocenters. The van der Waals surface area contributed by atoms with Crippen molar-refractivity contribution in [3.05, 3.63) is 63.4 Å². The Morgan fingerprint density at radius 3 is 2.55 bits per heavy atom. The van der Waals surface area contributed by atoms with Gasteiger partial charge in [0.05, 0.1) is 16.3 Å². The van der Waals surface area contributed by atoms with E-state index in [9.17, 15) is 22.8 Å². The van der Waals surface area contributed by atoms with Crippen LogP contribution in [-0.4, -0.2) is 46.4 Å². The van der Waals surface area contributed by atoms with E-state index in [0.29, 0.717) is 5.56 Å². The van der Waals surface area contributed by atoms with Crippen molar-refractivity contribution in [2.45, 2.75) is 13.1 Å². The Hall–Kier alpha value is -3.31. The third-order valence-electron chi connectivity index (χ3n) is 4.25. The summed E-state index contributed by atoms with van der Waals surface area (Å²) in [5, 5.41) is 8.99. The molecule has 33 heavy (non-hydrogen) atoms. The Balaban J connectivity index is 2.05. The van der Waals surface area contributed by atoms with E-state index < -0.39 is 30.5 Å². The fourth-order valence-corrected chi connectivity index (χ4v) is 3.34. The molecule has 0 spiro atoms. The first-order valence-electron chi connectivity index (χ1n) is 9.24. The lowest BCUT2D eigenvalue weighted by atomic mass is 10.1. The largest absolute Gasteiger partial charge is 0.467 e. The fourth-order valence-electron chi connectivity index (χ4n) is 2.80. The Bertz CT molecular complexity index is 1210. The summed E-state index contributed by atoms with van der Waals surface area (Å²) in [6.45, 7) is 0.0812. The van der Waals surface area contributed by atoms with Crippen molar-refractivity contribution >= 4 is 40.7 Å². The number of alkyl halides is 3. The number of aromatic nitrogens is 3. The van der Waals surface area contributed by atoms with Gasteiger partial charge in [-0.05, 0) is 30.7 Å². The average Bonchev–Trinajstić information content (AvgIpc) is 3.17. The third kappa shape index (κ3) is 5.74. The van der Waals surface area contributed by atoms with Crippen LogP contribution in [0, 0.1) is 6.92 Å². The monoisotopic (exact) mass is 501 g/mol. The molecule has 0 radical (unpaired) electrons. The molecule has 0 atom stereocenters. The van der Waals surface area contributed by atoms with E-state index in [2.05, 4.69) is 20.7 Å². The molecule has 2 N–H and O–H groups in total. The summed E-state index contributed by atoms with van der Waals surface area (Å²) >= 11 is 12.2. The number of rotatable bonds is 6. The molecule has 0 aliphatic carbocycles. The predicted molar refractivity (Wildman–Crippen MR) is 115 cm³/mol. The molecule has 8 nitrogen and oxygen atoms in total. The molecular formula is C20H16Cl2F3N5O3. The lowest BCUT2D eigenvalue weighted by molar-refractivity contribution is -0.154. The number of ether oxygens (including phenoxy) is 1. The minimum atomic E-state index is -4.60. The molecule has 2 aromatic heterocycles. The highest BCUT2D eigenvalue weighted by atomic mass is 35.5. The van der Waals surface area contributed by atoms with Crippen LogP contribution in [0.5, 0.6) is 5.88 Å². The van der Waals surface area contributed by atoms with Crippen molar-refractivity contribution < 1.29 is 27.5 Å². The van der Waals surface area contributed by atoms with Crippen molar-refractivity contribution in [2.24, 2.45) is 0 Å². The molecule has 1 aromatic carbocycles. The zero-order valence-electron chi connectivity index (χ0n) is 17.1. The van der Waals surface area contributed by atoms with Gasteiger partial charge in [-0.2, -0.15) is 13.2 Å². The number of carbonyl (C=O) groups excluding carboxylic acids is 2. The number of amides is 2. The number of hydrogen-bond acceptors (Lipinski definition) is 5. The van der Waals surface area contributed by atoms with E-state index in [1.807, 2.05) is 0 Å². The number of halogens is 5. The number of aryl methyl sites for hydroxylation is 1. The molecular weight excluding hydrogens is 486 g/mol. The molecule has 0 bridgehead atoms. The van der Waals surface area contributed by atoms with E-state index in [0.717, 1.165) is 10.7 Å². The topological polar surface area (TPSA) is 98.1 Å². The Morgan fingerprint density at radius 1 is 1.18 bits per heavy atom. The van der Waals surface area contributed by atoms with Gasteiger partial charge < -0.3 is 15.4 Å². The number of benzene rings is 1. The second kappa shape index (κ2) is 9.67. The molecule has 0 aliphatic heterocycles. The van der Waals surface area contributed by atoms with Crippen LogP contribution in [0.15, 0.2) is 36.5 Å². The van der Waals surface area contributed by atoms with Gasteiger partial charge in [0.25, 0.3) is 11.8 Å². The van der Waals surface area contributed by atoms with Crippen LogP contribution in [0.2, 0.25) is 10.0 Å². The van der Waals surface area contributed by atoms with Crippen molar-refractivity contribution in [1.29, 1.82) is 0 Å². The standard InChI is InChI=1S/C20H16Cl2F3N5O3/c1-10-4-3-5-27-17(10)30-14(8-15(29-30)33-9-20(23,24)25)19(32)28-16-12(18(31)26-2)6-11(21)7-13(16)22/h3-8H,9H2,1-2H3,(H,26,31)(H,28,32). The molecule has 3 rings (SSSR count). The van der Waals surface area contributed by atoms with Crippen LogP contribution in [0.3, 0.4) is 0 Å². The Kier molecular flexibility index (Phi) is 7.13. The third-order valence-corrected chi connectivity index (χ3v) is 4.77. The van der Waals surface area contributed by atoms with Gasteiger partial charge in [0.1, 0.15) is 5.69 Å². The first-order chi connectivity index (χ1) is 15.5. The normalized spacial score (nSPS) is 11.2. The molecule has 174 valence electrons. The van der Waals surface area contributed by atoms with E-state index in [-0.39, 0.29) is 32.8 Å². The van der Waals surface area contributed by atoms with Gasteiger partial charge in [-0.15, -0.1) is 5.10 Å². The van der Waals surface area contributed by atoms with Gasteiger partial charge in [-0.3, -0.25) is 9.59 Å². The molecule has 0 fully saturated rings. The van der Waals surface area contributed by atoms with Crippen molar-refractivity contribution in [3.63, 3.8) is 0 Å². The minimum absolute atomic E-state index is 0.0167. The summed E-state index contributed by atoms with van der Waals surface area (Å²) in [5.41, 5.74) is 0.320. The highest BCUT2D eigenvalue weighted by Crippen LogP contribution is 2.31. The zero-order chi connectivity index (χ0) is 24.3. The van der Waals surface area contributed by atoms with Gasteiger partial charge in [0, 0.05) is 24.3 Å². The number of nitrogens with zero attached hydrogens (tertiary/aromatic N) is 3. The van der Waals surface area contributed by atoms with E-state index >= 15 is 0 Å². The quantitative estimate of drug-likeness (QED) is 0.520. The van der Waals surface area contributed by atoms with Gasteiger partial charge in [-0.25, -0.2) is 9.67 Å². The first kappa shape index (κ1) is 24.3. The van der Waals surface area contributed by atoms with Crippen LogP contribution >= 0.6 is 23.2 Å². The molecule has 0 aliphatic rings. The summed E-state index contributed by atoms with van der Waals surface area (Å²) < 4.78 is 43.5. The first-order valence-corrected chi connectivity index (χ1v) is 10.00. The molecule has 0 saturated carbocycles. The zero-order valence-corrected chi connectivity index (χ0v) is 18.6. The molecule has 2 heterocycles. The van der Waals surface area contributed by atoms with Crippen LogP contribution in [0.25, 0.3) is 5.82 Å². The van der Waals surface area contributed by atoms with E-state index in [1.165, 1.54) is 25.4 Å².